The highest BCUT2D eigenvalue weighted by Crippen LogP contribution is 2.38. The van der Waals surface area contributed by atoms with Crippen LogP contribution in [0.15, 0.2) is 48.0 Å². The molecule has 24 heavy (non-hydrogen) atoms. The summed E-state index contributed by atoms with van der Waals surface area (Å²) in [5.74, 6) is 1.01. The average molecular weight is 323 g/mol. The highest BCUT2D eigenvalue weighted by atomic mass is 16.5. The number of nitriles is 1. The summed E-state index contributed by atoms with van der Waals surface area (Å²) in [7, 11) is 4.52. The third kappa shape index (κ3) is 3.55. The Balaban J connectivity index is 2.48. The molecule has 0 aromatic heterocycles. The number of carbonyl (C=O) groups is 1. The Morgan fingerprint density at radius 1 is 1.00 bits per heavy atom. The number of ether oxygens (including phenoxy) is 3. The summed E-state index contributed by atoms with van der Waals surface area (Å²) in [4.78, 5) is 12.4. The lowest BCUT2D eigenvalue weighted by atomic mass is 10.0. The van der Waals surface area contributed by atoms with Crippen LogP contribution in [0.2, 0.25) is 0 Å². The van der Waals surface area contributed by atoms with Gasteiger partial charge in [-0.1, -0.05) is 30.3 Å². The number of carbonyl (C=O) groups excluding carboxylic acids is 1. The second-order valence-corrected chi connectivity index (χ2v) is 4.82. The van der Waals surface area contributed by atoms with Crippen molar-refractivity contribution in [2.45, 2.75) is 0 Å². The van der Waals surface area contributed by atoms with E-state index in [-0.39, 0.29) is 11.4 Å². The van der Waals surface area contributed by atoms with Crippen molar-refractivity contribution in [1.82, 2.24) is 0 Å². The van der Waals surface area contributed by atoms with E-state index in [0.717, 1.165) is 0 Å². The van der Waals surface area contributed by atoms with Crippen LogP contribution in [0.1, 0.15) is 15.9 Å². The standard InChI is InChI=1S/C19H17NO4/c1-22-16-10-13(11-17(23-2)19(16)24-3)9-15(12-20)18(21)14-7-5-4-6-8-14/h4-11H,1-3H3/b15-9-. The molecule has 2 aromatic carbocycles. The third-order valence-corrected chi connectivity index (χ3v) is 3.40. The first kappa shape index (κ1) is 17.1. The van der Waals surface area contributed by atoms with Gasteiger partial charge in [0, 0.05) is 5.56 Å². The van der Waals surface area contributed by atoms with Crippen LogP contribution in [0.5, 0.6) is 17.2 Å². The van der Waals surface area contributed by atoms with Gasteiger partial charge in [-0.2, -0.15) is 5.26 Å². The van der Waals surface area contributed by atoms with Crippen molar-refractivity contribution in [2.75, 3.05) is 21.3 Å². The maximum absolute atomic E-state index is 12.4. The van der Waals surface area contributed by atoms with Crippen LogP contribution in [0.3, 0.4) is 0 Å². The zero-order valence-electron chi connectivity index (χ0n) is 13.7. The molecule has 0 aliphatic heterocycles. The molecule has 0 amide bonds. The van der Waals surface area contributed by atoms with Crippen molar-refractivity contribution < 1.29 is 19.0 Å². The predicted molar refractivity (Wildman–Crippen MR) is 90.5 cm³/mol. The summed E-state index contributed by atoms with van der Waals surface area (Å²) in [6.45, 7) is 0. The maximum Gasteiger partial charge on any atom is 0.203 e. The molecule has 2 rings (SSSR count). The van der Waals surface area contributed by atoms with E-state index >= 15 is 0 Å². The fourth-order valence-corrected chi connectivity index (χ4v) is 2.24. The van der Waals surface area contributed by atoms with Crippen LogP contribution in [0, 0.1) is 11.3 Å². The maximum atomic E-state index is 12.4. The van der Waals surface area contributed by atoms with Gasteiger partial charge in [0.2, 0.25) is 11.5 Å². The predicted octanol–water partition coefficient (Wildman–Crippen LogP) is 3.50. The minimum atomic E-state index is -0.341. The number of benzene rings is 2. The van der Waals surface area contributed by atoms with Crippen LogP contribution >= 0.6 is 0 Å². The number of hydrogen-bond donors (Lipinski definition) is 0. The molecule has 0 fully saturated rings. The lowest BCUT2D eigenvalue weighted by Crippen LogP contribution is -2.02. The van der Waals surface area contributed by atoms with Gasteiger partial charge in [0.05, 0.1) is 21.3 Å². The Kier molecular flexibility index (Phi) is 5.58. The molecule has 0 N–H and O–H groups in total. The first-order chi connectivity index (χ1) is 11.6. The van der Waals surface area contributed by atoms with E-state index in [0.29, 0.717) is 28.4 Å². The number of rotatable bonds is 6. The third-order valence-electron chi connectivity index (χ3n) is 3.40. The summed E-state index contributed by atoms with van der Waals surface area (Å²) in [6, 6.07) is 14.0. The zero-order valence-corrected chi connectivity index (χ0v) is 13.7. The van der Waals surface area contributed by atoms with Crippen LogP contribution in [0.25, 0.3) is 6.08 Å². The van der Waals surface area contributed by atoms with Gasteiger partial charge in [-0.3, -0.25) is 4.79 Å². The SMILES string of the molecule is COc1cc(/C=C(/C#N)C(=O)c2ccccc2)cc(OC)c1OC. The number of hydrogen-bond acceptors (Lipinski definition) is 5. The van der Waals surface area contributed by atoms with Crippen molar-refractivity contribution in [3.63, 3.8) is 0 Å². The summed E-state index contributed by atoms with van der Waals surface area (Å²) < 4.78 is 15.8. The van der Waals surface area contributed by atoms with Gasteiger partial charge in [-0.25, -0.2) is 0 Å². The van der Waals surface area contributed by atoms with Crippen molar-refractivity contribution >= 4 is 11.9 Å². The normalized spacial score (nSPS) is 10.7. The summed E-state index contributed by atoms with van der Waals surface area (Å²) in [5.41, 5.74) is 1.08. The number of methoxy groups -OCH3 is 3. The molecule has 0 heterocycles. The lowest BCUT2D eigenvalue weighted by molar-refractivity contribution is 0.104. The van der Waals surface area contributed by atoms with E-state index in [1.807, 2.05) is 12.1 Å². The van der Waals surface area contributed by atoms with E-state index in [2.05, 4.69) is 0 Å². The Labute approximate surface area is 140 Å². The number of nitrogens with zero attached hydrogens (tertiary/aromatic N) is 1. The minimum absolute atomic E-state index is 0.0236. The topological polar surface area (TPSA) is 68.5 Å². The monoisotopic (exact) mass is 323 g/mol. The summed E-state index contributed by atoms with van der Waals surface area (Å²) in [5, 5.41) is 9.35. The van der Waals surface area contributed by atoms with E-state index < -0.39 is 0 Å². The van der Waals surface area contributed by atoms with E-state index in [9.17, 15) is 10.1 Å². The van der Waals surface area contributed by atoms with Gasteiger partial charge in [0.1, 0.15) is 11.6 Å². The molecule has 0 atom stereocenters. The Morgan fingerprint density at radius 3 is 2.04 bits per heavy atom. The second-order valence-electron chi connectivity index (χ2n) is 4.82. The zero-order chi connectivity index (χ0) is 17.5. The fourth-order valence-electron chi connectivity index (χ4n) is 2.24. The highest BCUT2D eigenvalue weighted by molar-refractivity contribution is 6.14. The second kappa shape index (κ2) is 7.84. The van der Waals surface area contributed by atoms with Crippen LogP contribution in [0.4, 0.5) is 0 Å². The minimum Gasteiger partial charge on any atom is -0.493 e. The molecular formula is C19H17NO4. The smallest absolute Gasteiger partial charge is 0.203 e. The molecule has 0 aliphatic carbocycles. The van der Waals surface area contributed by atoms with Gasteiger partial charge < -0.3 is 14.2 Å². The van der Waals surface area contributed by atoms with Gasteiger partial charge in [0.15, 0.2) is 11.5 Å². The summed E-state index contributed by atoms with van der Waals surface area (Å²) >= 11 is 0. The van der Waals surface area contributed by atoms with E-state index in [1.165, 1.54) is 27.4 Å². The van der Waals surface area contributed by atoms with E-state index in [1.54, 1.807) is 36.4 Å². The molecule has 0 bridgehead atoms. The number of Topliss-reactive ketones (excluding diaryl/α,β-unsaturated/α-hetero) is 1. The van der Waals surface area contributed by atoms with Crippen molar-refractivity contribution in [1.29, 1.82) is 5.26 Å². The van der Waals surface area contributed by atoms with Gasteiger partial charge in [0.25, 0.3) is 0 Å². The molecule has 0 radical (unpaired) electrons. The average Bonchev–Trinajstić information content (AvgIpc) is 2.65. The van der Waals surface area contributed by atoms with Crippen molar-refractivity contribution in [3.05, 3.63) is 59.2 Å². The van der Waals surface area contributed by atoms with Gasteiger partial charge in [-0.15, -0.1) is 0 Å². The highest BCUT2D eigenvalue weighted by Gasteiger charge is 2.15. The molecule has 122 valence electrons. The Hall–Kier alpha value is -3.26. The molecule has 0 unspecified atom stereocenters. The summed E-state index contributed by atoms with van der Waals surface area (Å²) in [6.07, 6.45) is 1.50. The molecule has 0 saturated heterocycles. The molecule has 5 nitrogen and oxygen atoms in total. The molecular weight excluding hydrogens is 306 g/mol. The Morgan fingerprint density at radius 2 is 1.58 bits per heavy atom. The molecule has 0 aliphatic rings. The quantitative estimate of drug-likeness (QED) is 0.462. The molecule has 2 aromatic rings. The van der Waals surface area contributed by atoms with Crippen LogP contribution < -0.4 is 14.2 Å². The lowest BCUT2D eigenvalue weighted by Gasteiger charge is -2.13. The van der Waals surface area contributed by atoms with Gasteiger partial charge >= 0.3 is 0 Å². The first-order valence-electron chi connectivity index (χ1n) is 7.16. The van der Waals surface area contributed by atoms with Crippen molar-refractivity contribution in [2.24, 2.45) is 0 Å². The molecule has 0 saturated carbocycles. The number of allylic oxidation sites excluding steroid dienone is 1. The first-order valence-corrected chi connectivity index (χ1v) is 7.16. The van der Waals surface area contributed by atoms with Crippen LogP contribution in [-0.4, -0.2) is 27.1 Å². The van der Waals surface area contributed by atoms with Crippen molar-refractivity contribution in [3.8, 4) is 23.3 Å². The molecule has 0 spiro atoms. The fraction of sp³-hybridized carbons (Fsp3) is 0.158. The van der Waals surface area contributed by atoms with Crippen LogP contribution in [-0.2, 0) is 0 Å². The Bertz CT molecular complexity index is 779. The number of ketones is 1. The van der Waals surface area contributed by atoms with E-state index in [4.69, 9.17) is 14.2 Å². The van der Waals surface area contributed by atoms with Gasteiger partial charge in [-0.05, 0) is 23.8 Å². The molecule has 5 heteroatoms. The largest absolute Gasteiger partial charge is 0.493 e.